The topological polar surface area (TPSA) is 95.0 Å². The first-order valence-electron chi connectivity index (χ1n) is 6.27. The van der Waals surface area contributed by atoms with Gasteiger partial charge >= 0.3 is 0 Å². The van der Waals surface area contributed by atoms with Crippen molar-refractivity contribution in [3.63, 3.8) is 0 Å². The average molecular weight is 264 g/mol. The standard InChI is InChI=1S/C13H20N4O2/c1-8-6-9(2)15-12(10(8)11(14)16-19)17-5-4-13(3,18)7-17/h6,18-19H,4-5,7H2,1-3H3,(H2,14,16). The number of β-amino-alcohol motifs (C(OH)–C–C–N with tert-alkyl or cyclic N) is 1. The highest BCUT2D eigenvalue weighted by atomic mass is 16.4. The molecule has 0 saturated carbocycles. The zero-order valence-electron chi connectivity index (χ0n) is 11.5. The number of hydrogen-bond acceptors (Lipinski definition) is 5. The Morgan fingerprint density at radius 1 is 1.53 bits per heavy atom. The fourth-order valence-electron chi connectivity index (χ4n) is 2.54. The van der Waals surface area contributed by atoms with Crippen molar-refractivity contribution in [2.24, 2.45) is 10.9 Å². The molecule has 2 rings (SSSR count). The van der Waals surface area contributed by atoms with Crippen LogP contribution in [0.25, 0.3) is 0 Å². The molecule has 1 aromatic heterocycles. The normalized spacial score (nSPS) is 24.0. The number of hydrogen-bond donors (Lipinski definition) is 3. The van der Waals surface area contributed by atoms with Crippen LogP contribution in [-0.4, -0.2) is 39.8 Å². The Labute approximate surface area is 112 Å². The third-order valence-electron chi connectivity index (χ3n) is 3.44. The van der Waals surface area contributed by atoms with Gasteiger partial charge in [0.1, 0.15) is 5.82 Å². The molecule has 1 aliphatic rings. The highest BCUT2D eigenvalue weighted by molar-refractivity contribution is 6.02. The Morgan fingerprint density at radius 3 is 2.74 bits per heavy atom. The quantitative estimate of drug-likeness (QED) is 0.317. The second kappa shape index (κ2) is 4.70. The number of oxime groups is 1. The molecule has 104 valence electrons. The van der Waals surface area contributed by atoms with Crippen LogP contribution in [0.5, 0.6) is 0 Å². The maximum Gasteiger partial charge on any atom is 0.174 e. The molecule has 1 unspecified atom stereocenters. The summed E-state index contributed by atoms with van der Waals surface area (Å²) in [4.78, 5) is 6.47. The summed E-state index contributed by atoms with van der Waals surface area (Å²) in [6.07, 6.45) is 0.678. The number of aliphatic hydroxyl groups is 1. The van der Waals surface area contributed by atoms with Crippen LogP contribution in [0.15, 0.2) is 11.2 Å². The summed E-state index contributed by atoms with van der Waals surface area (Å²) >= 11 is 0. The first-order chi connectivity index (χ1) is 8.84. The smallest absolute Gasteiger partial charge is 0.174 e. The van der Waals surface area contributed by atoms with Crippen LogP contribution in [-0.2, 0) is 0 Å². The number of pyridine rings is 1. The van der Waals surface area contributed by atoms with Gasteiger partial charge in [-0.3, -0.25) is 0 Å². The fourth-order valence-corrected chi connectivity index (χ4v) is 2.54. The average Bonchev–Trinajstić information content (AvgIpc) is 2.67. The lowest BCUT2D eigenvalue weighted by molar-refractivity contribution is 0.0839. The first-order valence-corrected chi connectivity index (χ1v) is 6.27. The lowest BCUT2D eigenvalue weighted by atomic mass is 10.1. The zero-order valence-corrected chi connectivity index (χ0v) is 11.5. The molecule has 1 aliphatic heterocycles. The number of nitrogens with two attached hydrogens (primary N) is 1. The van der Waals surface area contributed by atoms with Crippen LogP contribution in [0.3, 0.4) is 0 Å². The lowest BCUT2D eigenvalue weighted by Crippen LogP contribution is -2.32. The number of aryl methyl sites for hydroxylation is 2. The summed E-state index contributed by atoms with van der Waals surface area (Å²) in [7, 11) is 0. The monoisotopic (exact) mass is 264 g/mol. The second-order valence-electron chi connectivity index (χ2n) is 5.43. The molecule has 4 N–H and O–H groups in total. The van der Waals surface area contributed by atoms with Crippen LogP contribution >= 0.6 is 0 Å². The number of anilines is 1. The van der Waals surface area contributed by atoms with E-state index in [-0.39, 0.29) is 5.84 Å². The van der Waals surface area contributed by atoms with Gasteiger partial charge in [0.05, 0.1) is 11.2 Å². The van der Waals surface area contributed by atoms with E-state index in [0.717, 1.165) is 11.3 Å². The molecule has 6 heteroatoms. The van der Waals surface area contributed by atoms with Gasteiger partial charge in [0.25, 0.3) is 0 Å². The van der Waals surface area contributed by atoms with Crippen molar-refractivity contribution in [2.45, 2.75) is 32.8 Å². The predicted octanol–water partition coefficient (Wildman–Crippen LogP) is 0.754. The SMILES string of the molecule is Cc1cc(C)c(/C(N)=N/O)c(N2CCC(C)(O)C2)n1. The van der Waals surface area contributed by atoms with E-state index in [0.29, 0.717) is 30.9 Å². The third kappa shape index (κ3) is 2.63. The van der Waals surface area contributed by atoms with E-state index in [1.54, 1.807) is 6.92 Å². The van der Waals surface area contributed by atoms with E-state index >= 15 is 0 Å². The van der Waals surface area contributed by atoms with Gasteiger partial charge < -0.3 is 20.9 Å². The Morgan fingerprint density at radius 2 is 2.21 bits per heavy atom. The predicted molar refractivity (Wildman–Crippen MR) is 73.7 cm³/mol. The number of nitrogens with zero attached hydrogens (tertiary/aromatic N) is 3. The Bertz CT molecular complexity index is 526. The molecule has 0 spiro atoms. The van der Waals surface area contributed by atoms with Gasteiger partial charge in [-0.2, -0.15) is 0 Å². The van der Waals surface area contributed by atoms with Gasteiger partial charge in [0.2, 0.25) is 0 Å². The van der Waals surface area contributed by atoms with Crippen LogP contribution in [0.4, 0.5) is 5.82 Å². The minimum absolute atomic E-state index is 0.0477. The van der Waals surface area contributed by atoms with Crippen LogP contribution in [0.2, 0.25) is 0 Å². The van der Waals surface area contributed by atoms with Gasteiger partial charge in [0, 0.05) is 18.8 Å². The van der Waals surface area contributed by atoms with Crippen molar-refractivity contribution in [2.75, 3.05) is 18.0 Å². The summed E-state index contributed by atoms with van der Waals surface area (Å²) in [5.41, 5.74) is 7.44. The summed E-state index contributed by atoms with van der Waals surface area (Å²) in [6, 6.07) is 1.89. The molecule has 0 bridgehead atoms. The van der Waals surface area contributed by atoms with Crippen LogP contribution < -0.4 is 10.6 Å². The number of rotatable bonds is 2. The Balaban J connectivity index is 2.50. The van der Waals surface area contributed by atoms with Crippen molar-refractivity contribution in [3.05, 3.63) is 22.9 Å². The molecule has 0 aliphatic carbocycles. The Hall–Kier alpha value is -1.82. The summed E-state index contributed by atoms with van der Waals surface area (Å²) in [5, 5.41) is 22.1. The summed E-state index contributed by atoms with van der Waals surface area (Å²) < 4.78 is 0. The highest BCUT2D eigenvalue weighted by Crippen LogP contribution is 2.29. The first kappa shape index (κ1) is 13.6. The largest absolute Gasteiger partial charge is 0.409 e. The van der Waals surface area contributed by atoms with Gasteiger partial charge in [-0.05, 0) is 38.8 Å². The summed E-state index contributed by atoms with van der Waals surface area (Å²) in [6.45, 7) is 6.81. The molecule has 0 aromatic carbocycles. The fraction of sp³-hybridized carbons (Fsp3) is 0.538. The van der Waals surface area contributed by atoms with Crippen molar-refractivity contribution >= 4 is 11.7 Å². The molecule has 19 heavy (non-hydrogen) atoms. The Kier molecular flexibility index (Phi) is 3.36. The van der Waals surface area contributed by atoms with E-state index < -0.39 is 5.60 Å². The van der Waals surface area contributed by atoms with Gasteiger partial charge in [-0.1, -0.05) is 5.16 Å². The maximum atomic E-state index is 10.1. The van der Waals surface area contributed by atoms with Gasteiger partial charge in [-0.25, -0.2) is 4.98 Å². The molecule has 1 aromatic rings. The minimum Gasteiger partial charge on any atom is -0.409 e. The second-order valence-corrected chi connectivity index (χ2v) is 5.43. The molecule has 1 saturated heterocycles. The molecule has 1 atom stereocenters. The summed E-state index contributed by atoms with van der Waals surface area (Å²) in [5.74, 6) is 0.720. The number of amidine groups is 1. The van der Waals surface area contributed by atoms with Crippen LogP contribution in [0, 0.1) is 13.8 Å². The molecule has 6 nitrogen and oxygen atoms in total. The van der Waals surface area contributed by atoms with Gasteiger partial charge in [-0.15, -0.1) is 0 Å². The third-order valence-corrected chi connectivity index (χ3v) is 3.44. The van der Waals surface area contributed by atoms with Crippen LogP contribution in [0.1, 0.15) is 30.2 Å². The highest BCUT2D eigenvalue weighted by Gasteiger charge is 2.33. The molecular weight excluding hydrogens is 244 g/mol. The zero-order chi connectivity index (χ0) is 14.2. The van der Waals surface area contributed by atoms with Crippen molar-refractivity contribution < 1.29 is 10.3 Å². The molecule has 2 heterocycles. The molecule has 0 amide bonds. The molecule has 0 radical (unpaired) electrons. The minimum atomic E-state index is -0.721. The van der Waals surface area contributed by atoms with E-state index in [4.69, 9.17) is 10.9 Å². The van der Waals surface area contributed by atoms with Crippen molar-refractivity contribution in [1.29, 1.82) is 0 Å². The maximum absolute atomic E-state index is 10.1. The van der Waals surface area contributed by atoms with E-state index in [1.165, 1.54) is 0 Å². The van der Waals surface area contributed by atoms with Gasteiger partial charge in [0.15, 0.2) is 5.84 Å². The lowest BCUT2D eigenvalue weighted by Gasteiger charge is -2.23. The van der Waals surface area contributed by atoms with Crippen molar-refractivity contribution in [1.82, 2.24) is 4.98 Å². The van der Waals surface area contributed by atoms with E-state index in [9.17, 15) is 5.11 Å². The molecule has 1 fully saturated rings. The number of aromatic nitrogens is 1. The van der Waals surface area contributed by atoms with E-state index in [2.05, 4.69) is 10.1 Å². The van der Waals surface area contributed by atoms with Crippen molar-refractivity contribution in [3.8, 4) is 0 Å². The molecular formula is C13H20N4O2. The van der Waals surface area contributed by atoms with E-state index in [1.807, 2.05) is 24.8 Å².